The summed E-state index contributed by atoms with van der Waals surface area (Å²) in [6.45, 7) is 0. The molecule has 0 amide bonds. The highest BCUT2D eigenvalue weighted by Crippen LogP contribution is 2.32. The number of hydrogen-bond acceptors (Lipinski definition) is 4. The summed E-state index contributed by atoms with van der Waals surface area (Å²) in [7, 11) is 0. The van der Waals surface area contributed by atoms with Gasteiger partial charge in [0, 0.05) is 22.2 Å². The highest BCUT2D eigenvalue weighted by atomic mass is 35.5. The van der Waals surface area contributed by atoms with Gasteiger partial charge in [0.15, 0.2) is 5.70 Å². The van der Waals surface area contributed by atoms with Crippen LogP contribution in [-0.2, 0) is 9.53 Å². The first kappa shape index (κ1) is 17.5. The third-order valence-electron chi connectivity index (χ3n) is 3.81. The molecule has 1 aromatic heterocycles. The predicted octanol–water partition coefficient (Wildman–Crippen LogP) is 5.74. The minimum absolute atomic E-state index is 0.0763. The SMILES string of the molecule is O=C1OC(c2ccc(F)cc2)=N/C1=C\c1ccc(-c2cc(Cl)ccc2Cl)o1. The minimum Gasteiger partial charge on any atom is -0.457 e. The molecule has 4 nitrogen and oxygen atoms in total. The van der Waals surface area contributed by atoms with Crippen molar-refractivity contribution < 1.29 is 18.3 Å². The molecule has 4 rings (SSSR count). The zero-order valence-electron chi connectivity index (χ0n) is 13.6. The number of hydrogen-bond donors (Lipinski definition) is 0. The van der Waals surface area contributed by atoms with Crippen LogP contribution in [0.5, 0.6) is 0 Å². The molecule has 7 heteroatoms. The largest absolute Gasteiger partial charge is 0.457 e. The molecule has 0 saturated heterocycles. The lowest BCUT2D eigenvalue weighted by atomic mass is 10.2. The van der Waals surface area contributed by atoms with Crippen molar-refractivity contribution in [3.8, 4) is 11.3 Å². The summed E-state index contributed by atoms with van der Waals surface area (Å²) in [5, 5.41) is 1.02. The Morgan fingerprint density at radius 1 is 1.00 bits per heavy atom. The summed E-state index contributed by atoms with van der Waals surface area (Å²) in [5.74, 6) is 0.00626. The molecule has 2 heterocycles. The summed E-state index contributed by atoms with van der Waals surface area (Å²) in [6, 6.07) is 13.9. The first-order valence-corrected chi connectivity index (χ1v) is 8.59. The Morgan fingerprint density at radius 3 is 2.56 bits per heavy atom. The van der Waals surface area contributed by atoms with Crippen molar-refractivity contribution in [2.75, 3.05) is 0 Å². The molecular weight excluding hydrogens is 392 g/mol. The van der Waals surface area contributed by atoms with Crippen molar-refractivity contribution in [2.24, 2.45) is 4.99 Å². The summed E-state index contributed by atoms with van der Waals surface area (Å²) in [5.41, 5.74) is 1.21. The van der Waals surface area contributed by atoms with Gasteiger partial charge in [-0.15, -0.1) is 0 Å². The van der Waals surface area contributed by atoms with Gasteiger partial charge >= 0.3 is 5.97 Å². The van der Waals surface area contributed by atoms with Crippen LogP contribution in [0.1, 0.15) is 11.3 Å². The number of carbonyl (C=O) groups is 1. The number of carbonyl (C=O) groups excluding carboxylic acids is 1. The van der Waals surface area contributed by atoms with E-state index in [4.69, 9.17) is 32.4 Å². The normalized spacial score (nSPS) is 15.1. The highest BCUT2D eigenvalue weighted by Gasteiger charge is 2.24. The van der Waals surface area contributed by atoms with Gasteiger partial charge in [-0.3, -0.25) is 0 Å². The second kappa shape index (κ2) is 7.02. The molecule has 0 atom stereocenters. The van der Waals surface area contributed by atoms with Crippen LogP contribution >= 0.6 is 23.2 Å². The van der Waals surface area contributed by atoms with Crippen molar-refractivity contribution in [3.63, 3.8) is 0 Å². The monoisotopic (exact) mass is 401 g/mol. The van der Waals surface area contributed by atoms with Crippen molar-refractivity contribution in [1.29, 1.82) is 0 Å². The van der Waals surface area contributed by atoms with Crippen molar-refractivity contribution in [3.05, 3.63) is 87.5 Å². The Morgan fingerprint density at radius 2 is 1.78 bits per heavy atom. The van der Waals surface area contributed by atoms with Crippen LogP contribution < -0.4 is 0 Å². The molecule has 1 aliphatic heterocycles. The molecule has 3 aromatic rings. The van der Waals surface area contributed by atoms with Crippen molar-refractivity contribution in [2.45, 2.75) is 0 Å². The summed E-state index contributed by atoms with van der Waals surface area (Å²) in [6.07, 6.45) is 1.46. The van der Waals surface area contributed by atoms with E-state index in [-0.39, 0.29) is 17.4 Å². The summed E-state index contributed by atoms with van der Waals surface area (Å²) in [4.78, 5) is 16.2. The summed E-state index contributed by atoms with van der Waals surface area (Å²) < 4.78 is 23.9. The minimum atomic E-state index is -0.618. The Labute approximate surface area is 163 Å². The van der Waals surface area contributed by atoms with Gasteiger partial charge in [-0.25, -0.2) is 14.2 Å². The van der Waals surface area contributed by atoms with Crippen LogP contribution in [0.25, 0.3) is 17.4 Å². The van der Waals surface area contributed by atoms with E-state index in [2.05, 4.69) is 4.99 Å². The van der Waals surface area contributed by atoms with Crippen LogP contribution in [0.4, 0.5) is 4.39 Å². The number of cyclic esters (lactones) is 1. The molecule has 0 unspecified atom stereocenters. The van der Waals surface area contributed by atoms with Gasteiger partial charge in [0.2, 0.25) is 5.90 Å². The number of ether oxygens (including phenoxy) is 1. The fourth-order valence-corrected chi connectivity index (χ4v) is 2.90. The molecular formula is C20H10Cl2FNO3. The van der Waals surface area contributed by atoms with E-state index in [9.17, 15) is 9.18 Å². The average Bonchev–Trinajstić information content (AvgIpc) is 3.25. The van der Waals surface area contributed by atoms with E-state index in [0.29, 0.717) is 32.7 Å². The van der Waals surface area contributed by atoms with Crippen LogP contribution in [-0.4, -0.2) is 11.9 Å². The molecule has 0 radical (unpaired) electrons. The zero-order chi connectivity index (χ0) is 19.0. The molecule has 0 spiro atoms. The number of nitrogens with zero attached hydrogens (tertiary/aromatic N) is 1. The maximum atomic E-state index is 13.0. The molecule has 0 saturated carbocycles. The van der Waals surface area contributed by atoms with Gasteiger partial charge < -0.3 is 9.15 Å². The van der Waals surface area contributed by atoms with Gasteiger partial charge in [-0.05, 0) is 54.6 Å². The lowest BCUT2D eigenvalue weighted by Crippen LogP contribution is -2.05. The van der Waals surface area contributed by atoms with E-state index < -0.39 is 5.97 Å². The molecule has 2 aromatic carbocycles. The van der Waals surface area contributed by atoms with Gasteiger partial charge in [-0.2, -0.15) is 0 Å². The Balaban J connectivity index is 1.64. The van der Waals surface area contributed by atoms with Crippen LogP contribution in [0.2, 0.25) is 10.0 Å². The van der Waals surface area contributed by atoms with Gasteiger partial charge in [-0.1, -0.05) is 23.2 Å². The van der Waals surface area contributed by atoms with E-state index in [1.165, 1.54) is 30.3 Å². The average molecular weight is 402 g/mol. The second-order valence-corrected chi connectivity index (χ2v) is 6.51. The molecule has 0 aliphatic carbocycles. The Kier molecular flexibility index (Phi) is 4.56. The number of benzene rings is 2. The van der Waals surface area contributed by atoms with Crippen molar-refractivity contribution in [1.82, 2.24) is 0 Å². The molecule has 0 fully saturated rings. The number of halogens is 3. The molecule has 1 aliphatic rings. The van der Waals surface area contributed by atoms with Crippen molar-refractivity contribution >= 4 is 41.1 Å². The van der Waals surface area contributed by atoms with E-state index >= 15 is 0 Å². The third kappa shape index (κ3) is 3.65. The van der Waals surface area contributed by atoms with E-state index in [0.717, 1.165) is 0 Å². The Bertz CT molecular complexity index is 1100. The number of furan rings is 1. The second-order valence-electron chi connectivity index (χ2n) is 5.67. The lowest BCUT2D eigenvalue weighted by Gasteiger charge is -2.01. The number of esters is 1. The Hall–Kier alpha value is -2.89. The third-order valence-corrected chi connectivity index (χ3v) is 4.38. The quantitative estimate of drug-likeness (QED) is 0.415. The van der Waals surface area contributed by atoms with Crippen LogP contribution in [0, 0.1) is 5.82 Å². The molecule has 27 heavy (non-hydrogen) atoms. The fraction of sp³-hybridized carbons (Fsp3) is 0. The predicted molar refractivity (Wildman–Crippen MR) is 101 cm³/mol. The first-order valence-electron chi connectivity index (χ1n) is 7.83. The molecule has 134 valence electrons. The van der Waals surface area contributed by atoms with Crippen LogP contribution in [0.3, 0.4) is 0 Å². The first-order chi connectivity index (χ1) is 13.0. The van der Waals surface area contributed by atoms with Crippen LogP contribution in [0.15, 0.2) is 69.7 Å². The topological polar surface area (TPSA) is 51.8 Å². The highest BCUT2D eigenvalue weighted by molar-refractivity contribution is 6.35. The van der Waals surface area contributed by atoms with Gasteiger partial charge in [0.1, 0.15) is 17.3 Å². The fourth-order valence-electron chi connectivity index (χ4n) is 2.52. The summed E-state index contributed by atoms with van der Waals surface area (Å²) >= 11 is 12.2. The van der Waals surface area contributed by atoms with Gasteiger partial charge in [0.05, 0.1) is 5.02 Å². The van der Waals surface area contributed by atoms with E-state index in [1.54, 1.807) is 30.3 Å². The maximum Gasteiger partial charge on any atom is 0.363 e. The smallest absolute Gasteiger partial charge is 0.363 e. The lowest BCUT2D eigenvalue weighted by molar-refractivity contribution is -0.129. The maximum absolute atomic E-state index is 13.0. The standard InChI is InChI=1S/C20H10Cl2FNO3/c21-12-3-7-16(22)15(9-12)18-8-6-14(26-18)10-17-20(25)27-19(24-17)11-1-4-13(23)5-2-11/h1-10H/b17-10-. The number of aliphatic imine (C=N–C) groups is 1. The van der Waals surface area contributed by atoms with E-state index in [1.807, 2.05) is 0 Å². The number of rotatable bonds is 3. The van der Waals surface area contributed by atoms with Gasteiger partial charge in [0.25, 0.3) is 0 Å². The molecule has 0 N–H and O–H groups in total. The molecule has 0 bridgehead atoms. The zero-order valence-corrected chi connectivity index (χ0v) is 15.1.